The van der Waals surface area contributed by atoms with Gasteiger partial charge in [0.15, 0.2) is 0 Å². The number of thioether (sulfide) groups is 2. The standard InChI is InChI=1S/C9H19NOS2/c1-3-11-6-8(10-2)9-7-12-4-5-13-9/h8-10H,3-7H2,1-2H3. The third-order valence-electron chi connectivity index (χ3n) is 2.16. The van der Waals surface area contributed by atoms with Crippen LogP contribution in [0.15, 0.2) is 0 Å². The molecular formula is C9H19NOS2. The first-order chi connectivity index (χ1) is 6.38. The monoisotopic (exact) mass is 221 g/mol. The van der Waals surface area contributed by atoms with Gasteiger partial charge < -0.3 is 10.1 Å². The highest BCUT2D eigenvalue weighted by Gasteiger charge is 2.22. The van der Waals surface area contributed by atoms with E-state index >= 15 is 0 Å². The number of hydrogen-bond acceptors (Lipinski definition) is 4. The van der Waals surface area contributed by atoms with Gasteiger partial charge in [0.1, 0.15) is 0 Å². The maximum atomic E-state index is 5.45. The predicted molar refractivity (Wildman–Crippen MR) is 62.9 cm³/mol. The smallest absolute Gasteiger partial charge is 0.0630 e. The van der Waals surface area contributed by atoms with Crippen LogP contribution in [0.5, 0.6) is 0 Å². The van der Waals surface area contributed by atoms with Gasteiger partial charge in [0.05, 0.1) is 6.61 Å². The molecule has 1 fully saturated rings. The lowest BCUT2D eigenvalue weighted by molar-refractivity contribution is 0.125. The van der Waals surface area contributed by atoms with Crippen LogP contribution in [0.25, 0.3) is 0 Å². The van der Waals surface area contributed by atoms with E-state index in [4.69, 9.17) is 4.74 Å². The Bertz CT molecular complexity index is 129. The average molecular weight is 221 g/mol. The van der Waals surface area contributed by atoms with Crippen molar-refractivity contribution in [1.82, 2.24) is 5.32 Å². The molecular weight excluding hydrogens is 202 g/mol. The third-order valence-corrected chi connectivity index (χ3v) is 5.08. The number of ether oxygens (including phenoxy) is 1. The summed E-state index contributed by atoms with van der Waals surface area (Å²) in [6, 6.07) is 0.526. The lowest BCUT2D eigenvalue weighted by atomic mass is 10.2. The minimum atomic E-state index is 0.526. The van der Waals surface area contributed by atoms with E-state index in [0.29, 0.717) is 6.04 Å². The molecule has 1 saturated heterocycles. The van der Waals surface area contributed by atoms with Crippen molar-refractivity contribution < 1.29 is 4.74 Å². The number of nitrogens with one attached hydrogen (secondary N) is 1. The molecule has 2 unspecified atom stereocenters. The molecule has 0 aromatic heterocycles. The number of rotatable bonds is 5. The van der Waals surface area contributed by atoms with Gasteiger partial charge in [-0.15, -0.1) is 0 Å². The summed E-state index contributed by atoms with van der Waals surface area (Å²) < 4.78 is 5.45. The van der Waals surface area contributed by atoms with Crippen molar-refractivity contribution in [3.8, 4) is 0 Å². The van der Waals surface area contributed by atoms with Crippen LogP contribution < -0.4 is 5.32 Å². The zero-order valence-corrected chi connectivity index (χ0v) is 10.0. The summed E-state index contributed by atoms with van der Waals surface area (Å²) in [5.41, 5.74) is 0. The minimum absolute atomic E-state index is 0.526. The van der Waals surface area contributed by atoms with E-state index in [2.05, 4.69) is 35.8 Å². The van der Waals surface area contributed by atoms with Crippen LogP contribution in [-0.2, 0) is 4.74 Å². The van der Waals surface area contributed by atoms with Crippen molar-refractivity contribution in [3.63, 3.8) is 0 Å². The molecule has 0 aromatic rings. The second-order valence-corrected chi connectivity index (χ2v) is 5.54. The topological polar surface area (TPSA) is 21.3 Å². The third kappa shape index (κ3) is 4.11. The number of hydrogen-bond donors (Lipinski definition) is 1. The Balaban J connectivity index is 2.26. The van der Waals surface area contributed by atoms with E-state index in [0.717, 1.165) is 18.5 Å². The molecule has 1 aliphatic rings. The summed E-state index contributed by atoms with van der Waals surface area (Å²) in [7, 11) is 2.03. The lowest BCUT2D eigenvalue weighted by Crippen LogP contribution is -2.42. The van der Waals surface area contributed by atoms with Crippen LogP contribution in [0.1, 0.15) is 6.92 Å². The maximum absolute atomic E-state index is 5.45. The van der Waals surface area contributed by atoms with Gasteiger partial charge in [-0.05, 0) is 14.0 Å². The normalized spacial score (nSPS) is 25.8. The second kappa shape index (κ2) is 6.98. The molecule has 1 aliphatic heterocycles. The highest BCUT2D eigenvalue weighted by Crippen LogP contribution is 2.26. The fourth-order valence-corrected chi connectivity index (χ4v) is 4.27. The molecule has 2 nitrogen and oxygen atoms in total. The summed E-state index contributed by atoms with van der Waals surface area (Å²) in [5, 5.41) is 4.08. The average Bonchev–Trinajstić information content (AvgIpc) is 2.21. The van der Waals surface area contributed by atoms with Crippen LogP contribution in [0.2, 0.25) is 0 Å². The first-order valence-corrected chi connectivity index (χ1v) is 7.03. The van der Waals surface area contributed by atoms with Crippen LogP contribution in [-0.4, -0.2) is 48.8 Å². The zero-order valence-electron chi connectivity index (χ0n) is 8.41. The predicted octanol–water partition coefficient (Wildman–Crippen LogP) is 1.46. The Labute approximate surface area is 89.6 Å². The molecule has 0 bridgehead atoms. The van der Waals surface area contributed by atoms with Gasteiger partial charge in [-0.25, -0.2) is 0 Å². The SMILES string of the molecule is CCOCC(NC)C1CSCCS1. The lowest BCUT2D eigenvalue weighted by Gasteiger charge is -2.28. The molecule has 0 aromatic carbocycles. The van der Waals surface area contributed by atoms with Crippen molar-refractivity contribution in [2.45, 2.75) is 18.2 Å². The molecule has 0 radical (unpaired) electrons. The zero-order chi connectivity index (χ0) is 9.52. The molecule has 13 heavy (non-hydrogen) atoms. The Morgan fingerprint density at radius 3 is 2.92 bits per heavy atom. The Hall–Kier alpha value is 0.620. The largest absolute Gasteiger partial charge is 0.380 e. The van der Waals surface area contributed by atoms with Gasteiger partial charge >= 0.3 is 0 Å². The molecule has 0 spiro atoms. The highest BCUT2D eigenvalue weighted by atomic mass is 32.2. The summed E-state index contributed by atoms with van der Waals surface area (Å²) in [5.74, 6) is 3.87. The van der Waals surface area contributed by atoms with E-state index in [1.807, 2.05) is 7.05 Å². The molecule has 0 aliphatic carbocycles. The van der Waals surface area contributed by atoms with Gasteiger partial charge in [-0.1, -0.05) is 0 Å². The molecule has 0 saturated carbocycles. The Morgan fingerprint density at radius 2 is 2.38 bits per heavy atom. The summed E-state index contributed by atoms with van der Waals surface area (Å²) in [6.45, 7) is 3.73. The van der Waals surface area contributed by atoms with Gasteiger partial charge in [0.2, 0.25) is 0 Å². The van der Waals surface area contributed by atoms with Crippen LogP contribution in [0.3, 0.4) is 0 Å². The molecule has 2 atom stereocenters. The van der Waals surface area contributed by atoms with Gasteiger partial charge in [0, 0.05) is 35.2 Å². The fourth-order valence-electron chi connectivity index (χ4n) is 1.36. The molecule has 1 rings (SSSR count). The first kappa shape index (κ1) is 11.7. The summed E-state index contributed by atoms with van der Waals surface area (Å²) >= 11 is 4.15. The van der Waals surface area contributed by atoms with Gasteiger partial charge in [-0.2, -0.15) is 23.5 Å². The molecule has 1 heterocycles. The van der Waals surface area contributed by atoms with Gasteiger partial charge in [-0.3, -0.25) is 0 Å². The van der Waals surface area contributed by atoms with Crippen LogP contribution in [0.4, 0.5) is 0 Å². The van der Waals surface area contributed by atoms with E-state index in [-0.39, 0.29) is 0 Å². The second-order valence-electron chi connectivity index (χ2n) is 3.04. The molecule has 78 valence electrons. The van der Waals surface area contributed by atoms with Crippen LogP contribution >= 0.6 is 23.5 Å². The Kier molecular flexibility index (Phi) is 6.28. The van der Waals surface area contributed by atoms with E-state index in [1.54, 1.807) is 0 Å². The highest BCUT2D eigenvalue weighted by molar-refractivity contribution is 8.06. The molecule has 4 heteroatoms. The van der Waals surface area contributed by atoms with E-state index in [9.17, 15) is 0 Å². The summed E-state index contributed by atoms with van der Waals surface area (Å²) in [4.78, 5) is 0. The summed E-state index contributed by atoms with van der Waals surface area (Å²) in [6.07, 6.45) is 0. The quantitative estimate of drug-likeness (QED) is 0.758. The van der Waals surface area contributed by atoms with Crippen molar-refractivity contribution in [3.05, 3.63) is 0 Å². The minimum Gasteiger partial charge on any atom is -0.380 e. The van der Waals surface area contributed by atoms with E-state index in [1.165, 1.54) is 17.3 Å². The van der Waals surface area contributed by atoms with Crippen molar-refractivity contribution in [1.29, 1.82) is 0 Å². The first-order valence-electron chi connectivity index (χ1n) is 4.82. The van der Waals surface area contributed by atoms with Crippen molar-refractivity contribution >= 4 is 23.5 Å². The van der Waals surface area contributed by atoms with Crippen LogP contribution in [0, 0.1) is 0 Å². The fraction of sp³-hybridized carbons (Fsp3) is 1.00. The van der Waals surface area contributed by atoms with Gasteiger partial charge in [0.25, 0.3) is 0 Å². The molecule has 0 amide bonds. The van der Waals surface area contributed by atoms with Crippen molar-refractivity contribution in [2.75, 3.05) is 37.5 Å². The van der Waals surface area contributed by atoms with E-state index < -0.39 is 0 Å². The Morgan fingerprint density at radius 1 is 1.54 bits per heavy atom. The maximum Gasteiger partial charge on any atom is 0.0630 e. The molecule has 1 N–H and O–H groups in total. The van der Waals surface area contributed by atoms with Crippen molar-refractivity contribution in [2.24, 2.45) is 0 Å². The number of likely N-dealkylation sites (N-methyl/N-ethyl adjacent to an activating group) is 1.